The lowest BCUT2D eigenvalue weighted by atomic mass is 10.1. The molecule has 1 fully saturated rings. The molecule has 2 nitrogen and oxygen atoms in total. The summed E-state index contributed by atoms with van der Waals surface area (Å²) in [6.45, 7) is 1.44. The van der Waals surface area contributed by atoms with Gasteiger partial charge < -0.3 is 0 Å². The van der Waals surface area contributed by atoms with Crippen LogP contribution in [-0.2, 0) is 9.59 Å². The molecule has 1 saturated heterocycles. The number of Topliss-reactive ketones (excluding diaryl/α,β-unsaturated/α-hetero) is 1. The van der Waals surface area contributed by atoms with Crippen molar-refractivity contribution in [2.45, 2.75) is 6.92 Å². The highest BCUT2D eigenvalue weighted by Gasteiger charge is 2.21. The maximum absolute atomic E-state index is 12.2. The predicted octanol–water partition coefficient (Wildman–Crippen LogP) is 4.20. The van der Waals surface area contributed by atoms with Gasteiger partial charge in [-0.05, 0) is 30.7 Å². The molecule has 1 aliphatic heterocycles. The third-order valence-electron chi connectivity index (χ3n) is 2.65. The Balaban J connectivity index is 2.19. The smallest absolute Gasteiger partial charge is 0.191 e. The monoisotopic (exact) mass is 324 g/mol. The van der Waals surface area contributed by atoms with Gasteiger partial charge in [0.15, 0.2) is 11.6 Å². The first-order chi connectivity index (χ1) is 9.58. The van der Waals surface area contributed by atoms with Gasteiger partial charge in [0.1, 0.15) is 0 Å². The van der Waals surface area contributed by atoms with Crippen LogP contribution in [0.4, 0.5) is 0 Å². The lowest BCUT2D eigenvalue weighted by Gasteiger charge is -2.02. The van der Waals surface area contributed by atoms with Gasteiger partial charge in [0, 0.05) is 16.5 Å². The predicted molar refractivity (Wildman–Crippen MR) is 88.1 cm³/mol. The summed E-state index contributed by atoms with van der Waals surface area (Å²) in [7, 11) is 0. The zero-order valence-corrected chi connectivity index (χ0v) is 13.3. The van der Waals surface area contributed by atoms with Crippen molar-refractivity contribution in [3.8, 4) is 0 Å². The van der Waals surface area contributed by atoms with Crippen LogP contribution in [0.5, 0.6) is 0 Å². The largest absolute Gasteiger partial charge is 0.294 e. The maximum Gasteiger partial charge on any atom is 0.191 e. The summed E-state index contributed by atoms with van der Waals surface area (Å²) >= 11 is 8.96. The molecule has 20 heavy (non-hydrogen) atoms. The van der Waals surface area contributed by atoms with Gasteiger partial charge >= 0.3 is 0 Å². The molecule has 0 amide bonds. The van der Waals surface area contributed by atoms with Gasteiger partial charge in [-0.2, -0.15) is 0 Å². The Morgan fingerprint density at radius 2 is 1.75 bits per heavy atom. The molecule has 0 aromatic heterocycles. The Kier molecular flexibility index (Phi) is 5.52. The molecule has 0 saturated carbocycles. The van der Waals surface area contributed by atoms with E-state index in [1.807, 2.05) is 12.1 Å². The Hall–Kier alpha value is -0.970. The number of benzene rings is 1. The average Bonchev–Trinajstić information content (AvgIpc) is 2.91. The molecule has 2 rings (SSSR count). The second-order valence-corrected chi connectivity index (χ2v) is 7.07. The van der Waals surface area contributed by atoms with Crippen molar-refractivity contribution in [1.29, 1.82) is 0 Å². The van der Waals surface area contributed by atoms with Gasteiger partial charge in [0.2, 0.25) is 0 Å². The van der Waals surface area contributed by atoms with Crippen molar-refractivity contribution in [2.75, 3.05) is 11.5 Å². The summed E-state index contributed by atoms with van der Waals surface area (Å²) in [5.74, 6) is 1.49. The van der Waals surface area contributed by atoms with Crippen LogP contribution < -0.4 is 0 Å². The van der Waals surface area contributed by atoms with Crippen LogP contribution in [-0.4, -0.2) is 23.1 Å². The van der Waals surface area contributed by atoms with Crippen molar-refractivity contribution >= 4 is 52.8 Å². The molecule has 0 unspecified atom stereocenters. The van der Waals surface area contributed by atoms with E-state index in [1.54, 1.807) is 41.7 Å². The normalized spacial score (nSPS) is 14.8. The van der Waals surface area contributed by atoms with Crippen molar-refractivity contribution in [2.24, 2.45) is 0 Å². The SMILES string of the molecule is CC(=O)C(C(=O)/C=C/c1ccc(Cl)cc1)=C1SCCS1. The standard InChI is InChI=1S/C15H13ClO2S2/c1-10(17)14(15-19-8-9-20-15)13(18)7-4-11-2-5-12(16)6-3-11/h2-7H,8-9H2,1H3/b7-4+. The molecule has 1 aromatic rings. The number of ketones is 2. The van der Waals surface area contributed by atoms with Crippen LogP contribution in [0.3, 0.4) is 0 Å². The Labute approximate surface area is 131 Å². The molecular formula is C15H13ClO2S2. The van der Waals surface area contributed by atoms with Crippen LogP contribution in [0.2, 0.25) is 5.02 Å². The number of allylic oxidation sites excluding steroid dienone is 2. The van der Waals surface area contributed by atoms with Gasteiger partial charge in [0.05, 0.1) is 9.81 Å². The van der Waals surface area contributed by atoms with E-state index in [-0.39, 0.29) is 11.6 Å². The number of hydrogen-bond acceptors (Lipinski definition) is 4. The fraction of sp³-hybridized carbons (Fsp3) is 0.200. The van der Waals surface area contributed by atoms with E-state index in [0.29, 0.717) is 10.6 Å². The summed E-state index contributed by atoms with van der Waals surface area (Å²) in [5, 5.41) is 0.652. The minimum absolute atomic E-state index is 0.173. The van der Waals surface area contributed by atoms with Crippen molar-refractivity contribution in [3.63, 3.8) is 0 Å². The molecule has 1 heterocycles. The molecule has 0 radical (unpaired) electrons. The van der Waals surface area contributed by atoms with E-state index in [2.05, 4.69) is 0 Å². The molecule has 0 aliphatic carbocycles. The second-order valence-electron chi connectivity index (χ2n) is 4.16. The van der Waals surface area contributed by atoms with Crippen LogP contribution in [0.25, 0.3) is 6.08 Å². The minimum atomic E-state index is -0.232. The molecule has 0 spiro atoms. The number of carbonyl (C=O) groups is 2. The zero-order valence-electron chi connectivity index (χ0n) is 10.9. The molecule has 104 valence electrons. The summed E-state index contributed by atoms with van der Waals surface area (Å²) in [6.07, 6.45) is 3.15. The third kappa shape index (κ3) is 4.01. The quantitative estimate of drug-likeness (QED) is 0.472. The second kappa shape index (κ2) is 7.16. The van der Waals surface area contributed by atoms with Gasteiger partial charge in [-0.3, -0.25) is 9.59 Å². The Bertz CT molecular complexity index is 580. The third-order valence-corrected chi connectivity index (χ3v) is 5.62. The van der Waals surface area contributed by atoms with Crippen molar-refractivity contribution in [3.05, 3.63) is 50.7 Å². The summed E-state index contributed by atoms with van der Waals surface area (Å²) in [6, 6.07) is 7.18. The molecule has 5 heteroatoms. The highest BCUT2D eigenvalue weighted by molar-refractivity contribution is 8.25. The molecule has 1 aromatic carbocycles. The Morgan fingerprint density at radius 1 is 1.15 bits per heavy atom. The van der Waals surface area contributed by atoms with E-state index < -0.39 is 0 Å². The molecular weight excluding hydrogens is 312 g/mol. The molecule has 0 bridgehead atoms. The maximum atomic E-state index is 12.2. The zero-order chi connectivity index (χ0) is 14.5. The first-order valence-corrected chi connectivity index (χ1v) is 8.41. The van der Waals surface area contributed by atoms with E-state index in [9.17, 15) is 9.59 Å². The lowest BCUT2D eigenvalue weighted by Crippen LogP contribution is -2.08. The van der Waals surface area contributed by atoms with Crippen LogP contribution in [0, 0.1) is 0 Å². The number of hydrogen-bond donors (Lipinski definition) is 0. The summed E-state index contributed by atoms with van der Waals surface area (Å²) < 4.78 is 0.850. The van der Waals surface area contributed by atoms with Crippen molar-refractivity contribution < 1.29 is 9.59 Å². The van der Waals surface area contributed by atoms with E-state index in [1.165, 1.54) is 13.0 Å². The Morgan fingerprint density at radius 3 is 2.30 bits per heavy atom. The minimum Gasteiger partial charge on any atom is -0.294 e. The number of halogens is 1. The summed E-state index contributed by atoms with van der Waals surface area (Å²) in [4.78, 5) is 23.9. The number of thioether (sulfide) groups is 2. The van der Waals surface area contributed by atoms with E-state index in [4.69, 9.17) is 11.6 Å². The first kappa shape index (κ1) is 15.4. The molecule has 0 N–H and O–H groups in total. The van der Waals surface area contributed by atoms with Gasteiger partial charge in [0.25, 0.3) is 0 Å². The molecule has 0 atom stereocenters. The van der Waals surface area contributed by atoms with E-state index >= 15 is 0 Å². The molecule has 1 aliphatic rings. The van der Waals surface area contributed by atoms with E-state index in [0.717, 1.165) is 21.3 Å². The highest BCUT2D eigenvalue weighted by atomic mass is 35.5. The lowest BCUT2D eigenvalue weighted by molar-refractivity contribution is -0.118. The highest BCUT2D eigenvalue weighted by Crippen LogP contribution is 2.39. The fourth-order valence-corrected chi connectivity index (χ4v) is 4.48. The van der Waals surface area contributed by atoms with Crippen LogP contribution in [0.1, 0.15) is 12.5 Å². The van der Waals surface area contributed by atoms with Crippen LogP contribution >= 0.6 is 35.1 Å². The summed E-state index contributed by atoms with van der Waals surface area (Å²) in [5.41, 5.74) is 1.19. The van der Waals surface area contributed by atoms with Gasteiger partial charge in [-0.15, -0.1) is 23.5 Å². The van der Waals surface area contributed by atoms with Crippen LogP contribution in [0.15, 0.2) is 40.2 Å². The number of rotatable bonds is 4. The van der Waals surface area contributed by atoms with Gasteiger partial charge in [-0.25, -0.2) is 0 Å². The average molecular weight is 325 g/mol. The van der Waals surface area contributed by atoms with Gasteiger partial charge in [-0.1, -0.05) is 29.8 Å². The fourth-order valence-electron chi connectivity index (χ4n) is 1.70. The van der Waals surface area contributed by atoms with Crippen molar-refractivity contribution in [1.82, 2.24) is 0 Å². The topological polar surface area (TPSA) is 34.1 Å². The first-order valence-electron chi connectivity index (χ1n) is 6.06. The number of carbonyl (C=O) groups excluding carboxylic acids is 2.